The molecule has 0 saturated carbocycles. The van der Waals surface area contributed by atoms with Crippen LogP contribution in [0.15, 0.2) is 400 Å². The number of benzene rings is 16. The normalized spacial score (nSPS) is 11.1. The molecular formula is C105H79ClN10. The van der Waals surface area contributed by atoms with E-state index in [1.165, 1.54) is 71.4 Å². The predicted molar refractivity (Wildman–Crippen MR) is 487 cm³/mol. The summed E-state index contributed by atoms with van der Waals surface area (Å²) in [6, 6.07) is 140. The molecule has 0 aliphatic heterocycles. The molecule has 0 amide bonds. The van der Waals surface area contributed by atoms with Crippen molar-refractivity contribution in [3.8, 4) is 107 Å². The quantitative estimate of drug-likeness (QED) is 0.138. The zero-order valence-corrected chi connectivity index (χ0v) is 61.8. The van der Waals surface area contributed by atoms with Crippen LogP contribution in [0.1, 0.15) is 22.3 Å². The van der Waals surface area contributed by atoms with Crippen molar-refractivity contribution in [2.75, 3.05) is 0 Å². The lowest BCUT2D eigenvalue weighted by molar-refractivity contribution is 0.953. The number of fused-ring (bicyclic) bond motifs is 14. The van der Waals surface area contributed by atoms with Crippen LogP contribution in [0.4, 0.5) is 0 Å². The van der Waals surface area contributed by atoms with E-state index >= 15 is 0 Å². The summed E-state index contributed by atoms with van der Waals surface area (Å²) in [7, 11) is 0. The van der Waals surface area contributed by atoms with Gasteiger partial charge in [-0.25, -0.2) is 9.97 Å². The Hall–Kier alpha value is -15.0. The first-order valence-corrected chi connectivity index (χ1v) is 38.1. The minimum atomic E-state index is 0. The van der Waals surface area contributed by atoms with Crippen molar-refractivity contribution in [1.29, 1.82) is 0 Å². The number of nitrogens with one attached hydrogen (secondary N) is 1. The Labute approximate surface area is 678 Å². The van der Waals surface area contributed by atoms with Crippen molar-refractivity contribution >= 4 is 98.8 Å². The maximum Gasteiger partial charge on any atom is 0.238 e. The second kappa shape index (κ2) is 32.0. The summed E-state index contributed by atoms with van der Waals surface area (Å²) in [6.45, 7) is 0. The Morgan fingerprint density at radius 1 is 0.207 bits per heavy atom. The van der Waals surface area contributed by atoms with Crippen LogP contribution in [0.3, 0.4) is 0 Å². The molecule has 0 spiro atoms. The Balaban J connectivity index is 0.000000136. The average molecular weight is 1520 g/mol. The molecule has 6 heterocycles. The highest BCUT2D eigenvalue weighted by molar-refractivity contribution is 6.28. The van der Waals surface area contributed by atoms with Crippen molar-refractivity contribution in [3.05, 3.63) is 406 Å². The molecule has 6 aromatic heterocycles. The Bertz CT molecular complexity index is 7300. The molecular weight excluding hydrogens is 1440 g/mol. The van der Waals surface area contributed by atoms with E-state index in [1.807, 2.05) is 84.9 Å². The van der Waals surface area contributed by atoms with Crippen molar-refractivity contribution in [2.24, 2.45) is 0 Å². The lowest BCUT2D eigenvalue weighted by Crippen LogP contribution is -2.07. The zero-order chi connectivity index (χ0) is 75.1. The molecule has 0 saturated heterocycles. The van der Waals surface area contributed by atoms with Crippen molar-refractivity contribution in [2.45, 2.75) is 22.3 Å². The molecule has 22 aromatic rings. The summed E-state index contributed by atoms with van der Waals surface area (Å²) in [5.74, 6) is 2.93. The van der Waals surface area contributed by atoms with Crippen molar-refractivity contribution < 1.29 is 0 Å². The smallest absolute Gasteiger partial charge is 0.238 e. The highest BCUT2D eigenvalue weighted by Crippen LogP contribution is 2.44. The van der Waals surface area contributed by atoms with E-state index in [9.17, 15) is 0 Å². The second-order valence-electron chi connectivity index (χ2n) is 28.0. The number of nitrogens with zero attached hydrogens (tertiary/aromatic N) is 9. The number of para-hydroxylation sites is 4. The van der Waals surface area contributed by atoms with Gasteiger partial charge in [0.2, 0.25) is 11.2 Å². The molecule has 116 heavy (non-hydrogen) atoms. The number of aromatic nitrogens is 10. The number of hydrogen-bond donors (Lipinski definition) is 1. The van der Waals surface area contributed by atoms with Gasteiger partial charge in [-0.05, 0) is 117 Å². The molecule has 11 heteroatoms. The third kappa shape index (κ3) is 13.8. The molecule has 0 aliphatic carbocycles. The highest BCUT2D eigenvalue weighted by Gasteiger charge is 2.25. The second-order valence-corrected chi connectivity index (χ2v) is 28.3. The largest absolute Gasteiger partial charge is 0.353 e. The van der Waals surface area contributed by atoms with Gasteiger partial charge in [0, 0.05) is 82.2 Å². The summed E-state index contributed by atoms with van der Waals surface area (Å²) in [5, 5.41) is 9.86. The molecule has 10 nitrogen and oxygen atoms in total. The molecule has 0 radical (unpaired) electrons. The lowest BCUT2D eigenvalue weighted by Gasteiger charge is -2.14. The first kappa shape index (κ1) is 73.8. The van der Waals surface area contributed by atoms with E-state index in [-0.39, 0.29) is 27.6 Å². The van der Waals surface area contributed by atoms with Gasteiger partial charge in [0.1, 0.15) is 0 Å². The summed E-state index contributed by atoms with van der Waals surface area (Å²) in [5.41, 5.74) is 24.3. The maximum absolute atomic E-state index is 6.14. The molecule has 0 atom stereocenters. The monoisotopic (exact) mass is 1510 g/mol. The van der Waals surface area contributed by atoms with E-state index in [0.717, 1.165) is 94.0 Å². The summed E-state index contributed by atoms with van der Waals surface area (Å²) < 4.78 is 7.08. The Morgan fingerprint density at radius 3 is 0.940 bits per heavy atom. The molecule has 556 valence electrons. The van der Waals surface area contributed by atoms with Crippen LogP contribution in [-0.2, 0) is 0 Å². The van der Waals surface area contributed by atoms with Gasteiger partial charge in [-0.15, -0.1) is 0 Å². The van der Waals surface area contributed by atoms with E-state index in [4.69, 9.17) is 26.6 Å². The third-order valence-corrected chi connectivity index (χ3v) is 21.3. The Kier molecular flexibility index (Phi) is 20.4. The van der Waals surface area contributed by atoms with Gasteiger partial charge in [0.25, 0.3) is 0 Å². The van der Waals surface area contributed by atoms with E-state index < -0.39 is 0 Å². The van der Waals surface area contributed by atoms with Crippen LogP contribution < -0.4 is 0 Å². The van der Waals surface area contributed by atoms with Crippen LogP contribution in [0.25, 0.3) is 195 Å². The minimum absolute atomic E-state index is 0. The number of H-pyrrole nitrogens is 1. The fraction of sp³-hybridized carbons (Fsp3) is 0.0286. The molecule has 1 N–H and O–H groups in total. The lowest BCUT2D eigenvalue weighted by atomic mass is 10.0. The van der Waals surface area contributed by atoms with Gasteiger partial charge < -0.3 is 14.1 Å². The molecule has 0 aliphatic rings. The van der Waals surface area contributed by atoms with E-state index in [2.05, 4.69) is 349 Å². The zero-order valence-electron chi connectivity index (χ0n) is 61.0. The summed E-state index contributed by atoms with van der Waals surface area (Å²) >= 11 is 6.14. The fourth-order valence-electron chi connectivity index (χ4n) is 16.0. The number of halogens is 1. The van der Waals surface area contributed by atoms with Gasteiger partial charge in [-0.2, -0.15) is 19.9 Å². The third-order valence-electron chi connectivity index (χ3n) is 21.2. The van der Waals surface area contributed by atoms with Crippen molar-refractivity contribution in [1.82, 2.24) is 48.6 Å². The van der Waals surface area contributed by atoms with E-state index in [0.29, 0.717) is 29.2 Å². The maximum atomic E-state index is 6.14. The summed E-state index contributed by atoms with van der Waals surface area (Å²) in [4.78, 5) is 32.7. The average Bonchev–Trinajstić information content (AvgIpc) is 1.55. The van der Waals surface area contributed by atoms with Crippen LogP contribution in [0.2, 0.25) is 5.28 Å². The Morgan fingerprint density at radius 2 is 0.500 bits per heavy atom. The SMILES string of the molecule is C.C.C.Clc1nc(-c2ccccc2)nc(-c2cccc(-c3ccccc3)c2)n1.c1ccc(-c2cccc(-c3nc(-c4ccccc4)nc(-n4c5ccccc5c5ccc6c7ccccc7n(-c7cccc(-c8ccccc8)c7)c6c54)n3)c2)cc1.c1ccc(-c2cccc(-n3c4ccccc4c4ccc5c6ccccc6[nH]c5c43)c2)cc1. The van der Waals surface area contributed by atoms with Crippen LogP contribution in [0.5, 0.6) is 0 Å². The van der Waals surface area contributed by atoms with Gasteiger partial charge in [0.15, 0.2) is 23.3 Å². The number of hydrogen-bond acceptors (Lipinski definition) is 6. The molecule has 0 bridgehead atoms. The molecule has 22 rings (SSSR count). The van der Waals surface area contributed by atoms with E-state index in [1.54, 1.807) is 0 Å². The highest BCUT2D eigenvalue weighted by atomic mass is 35.5. The van der Waals surface area contributed by atoms with Crippen LogP contribution >= 0.6 is 11.6 Å². The van der Waals surface area contributed by atoms with Gasteiger partial charge in [0.05, 0.1) is 38.6 Å². The van der Waals surface area contributed by atoms with Crippen molar-refractivity contribution in [3.63, 3.8) is 0 Å². The predicted octanol–water partition coefficient (Wildman–Crippen LogP) is 28.3. The van der Waals surface area contributed by atoms with Gasteiger partial charge >= 0.3 is 0 Å². The molecule has 0 fully saturated rings. The van der Waals surface area contributed by atoms with Crippen LogP contribution in [0, 0.1) is 0 Å². The first-order valence-electron chi connectivity index (χ1n) is 37.8. The first-order chi connectivity index (χ1) is 56.0. The molecule has 0 unspecified atom stereocenters. The van der Waals surface area contributed by atoms with Gasteiger partial charge in [-0.1, -0.05) is 362 Å². The summed E-state index contributed by atoms with van der Waals surface area (Å²) in [6.07, 6.45) is 0. The van der Waals surface area contributed by atoms with Crippen LogP contribution in [-0.4, -0.2) is 48.6 Å². The fourth-order valence-corrected chi connectivity index (χ4v) is 16.1. The number of aromatic amines is 1. The topological polar surface area (TPSA) is 108 Å². The minimum Gasteiger partial charge on any atom is -0.353 e. The standard InChI is InChI=1S/C51H33N5.C30H20N2.C21H14ClN3.3CH4/c1-4-16-34(17-5-1)37-22-14-24-39(32-37)50-52-49(36-20-8-3-9-21-36)53-51(54-50)56-46-29-13-11-27-42(46)44-31-30-43-41-26-10-12-28-45(41)55(47(43)48(44)56)40-25-15-23-38(33-40)35-18-6-2-7-19-35;1-2-9-20(10-3-1)21-11-8-12-22(19-21)32-28-16-7-5-14-24(28)26-18-17-25-23-13-4-6-15-27(23)31-29(25)30(26)32;22-21-24-19(16-10-5-2-6-11-16)23-20(25-21)18-13-7-12-17(14-18)15-8-3-1-4-9-15;;;/h1-33H;1-19,31H;1-14H;3*1H4. The number of rotatable bonds is 11. The van der Waals surface area contributed by atoms with Gasteiger partial charge in [-0.3, -0.25) is 4.57 Å². The molecule has 16 aromatic carbocycles.